The quantitative estimate of drug-likeness (QED) is 0.579. The molecule has 0 spiro atoms. The predicted molar refractivity (Wildman–Crippen MR) is 110 cm³/mol. The lowest BCUT2D eigenvalue weighted by molar-refractivity contribution is -0.130. The number of rotatable bonds is 4. The summed E-state index contributed by atoms with van der Waals surface area (Å²) in [5.41, 5.74) is 3.45. The van der Waals surface area contributed by atoms with Crippen LogP contribution in [0.15, 0.2) is 36.8 Å². The Morgan fingerprint density at radius 2 is 2.21 bits per heavy atom. The minimum absolute atomic E-state index is 0.0785. The number of aromatic nitrogens is 5. The van der Waals surface area contributed by atoms with Gasteiger partial charge in [0.05, 0.1) is 6.54 Å². The third-order valence-corrected chi connectivity index (χ3v) is 5.51. The summed E-state index contributed by atoms with van der Waals surface area (Å²) in [4.78, 5) is 30.5. The van der Waals surface area contributed by atoms with Gasteiger partial charge in [-0.15, -0.1) is 0 Å². The van der Waals surface area contributed by atoms with Crippen molar-refractivity contribution in [3.63, 3.8) is 0 Å². The lowest BCUT2D eigenvalue weighted by atomic mass is 10.1. The van der Waals surface area contributed by atoms with Crippen LogP contribution in [0.2, 0.25) is 0 Å². The summed E-state index contributed by atoms with van der Waals surface area (Å²) >= 11 is 0. The van der Waals surface area contributed by atoms with E-state index in [4.69, 9.17) is 9.72 Å². The fourth-order valence-corrected chi connectivity index (χ4v) is 3.95. The van der Waals surface area contributed by atoms with Crippen molar-refractivity contribution < 1.29 is 9.53 Å². The van der Waals surface area contributed by atoms with E-state index in [0.29, 0.717) is 24.4 Å². The molecule has 1 fully saturated rings. The Labute approximate surface area is 167 Å². The summed E-state index contributed by atoms with van der Waals surface area (Å²) in [5.74, 6) is 1.43. The molecule has 29 heavy (non-hydrogen) atoms. The van der Waals surface area contributed by atoms with Crippen LogP contribution in [-0.4, -0.2) is 54.5 Å². The number of carbonyl (C=O) groups is 1. The van der Waals surface area contributed by atoms with E-state index in [1.165, 1.54) is 6.33 Å². The van der Waals surface area contributed by atoms with E-state index in [0.717, 1.165) is 40.9 Å². The Kier molecular flexibility index (Phi) is 4.19. The van der Waals surface area contributed by atoms with Crippen molar-refractivity contribution in [2.24, 2.45) is 7.05 Å². The van der Waals surface area contributed by atoms with Crippen LogP contribution in [-0.2, 0) is 11.8 Å². The molecule has 1 amide bonds. The first kappa shape index (κ1) is 17.7. The highest BCUT2D eigenvalue weighted by atomic mass is 16.5. The van der Waals surface area contributed by atoms with Gasteiger partial charge in [-0.25, -0.2) is 9.97 Å². The van der Waals surface area contributed by atoms with E-state index in [9.17, 15) is 4.79 Å². The number of hydrogen-bond acceptors (Lipinski definition) is 5. The minimum Gasteiger partial charge on any atom is -0.471 e. The molecule has 1 aliphatic rings. The van der Waals surface area contributed by atoms with Gasteiger partial charge in [-0.3, -0.25) is 4.79 Å². The summed E-state index contributed by atoms with van der Waals surface area (Å²) in [6.07, 6.45) is 4.66. The summed E-state index contributed by atoms with van der Waals surface area (Å²) in [6.45, 7) is 3.18. The van der Waals surface area contributed by atoms with Gasteiger partial charge < -0.3 is 19.2 Å². The van der Waals surface area contributed by atoms with Gasteiger partial charge in [0.1, 0.15) is 18.3 Å². The number of fused-ring (bicyclic) bond motifs is 2. The van der Waals surface area contributed by atoms with Crippen LogP contribution in [0.5, 0.6) is 5.88 Å². The zero-order chi connectivity index (χ0) is 20.0. The Morgan fingerprint density at radius 3 is 3.07 bits per heavy atom. The standard InChI is InChI=1S/C21H22N6O2/c1-3-17(28)27-9-7-15(11-27)29-21-18-20(23-12-24-21)26(2)19(25-18)14-4-5-16-13(10-14)6-8-22-16/h4-6,8,10,12,15,22H,3,7,9,11H2,1-2H3/t15-/m0/s1. The zero-order valence-electron chi connectivity index (χ0n) is 16.4. The lowest BCUT2D eigenvalue weighted by Gasteiger charge is -2.16. The van der Waals surface area contributed by atoms with E-state index in [1.807, 2.05) is 47.8 Å². The van der Waals surface area contributed by atoms with Gasteiger partial charge in [-0.05, 0) is 24.3 Å². The second-order valence-electron chi connectivity index (χ2n) is 7.35. The fraction of sp³-hybridized carbons (Fsp3) is 0.333. The van der Waals surface area contributed by atoms with Crippen molar-refractivity contribution in [3.8, 4) is 17.3 Å². The van der Waals surface area contributed by atoms with Gasteiger partial charge >= 0.3 is 0 Å². The topological polar surface area (TPSA) is 88.9 Å². The van der Waals surface area contributed by atoms with Crippen LogP contribution in [0.4, 0.5) is 0 Å². The van der Waals surface area contributed by atoms with Crippen molar-refractivity contribution in [3.05, 3.63) is 36.8 Å². The molecule has 4 aromatic rings. The molecule has 0 saturated carbocycles. The monoisotopic (exact) mass is 390 g/mol. The number of aromatic amines is 1. The van der Waals surface area contributed by atoms with Gasteiger partial charge in [-0.2, -0.15) is 4.98 Å². The van der Waals surface area contributed by atoms with Crippen LogP contribution in [0.1, 0.15) is 19.8 Å². The summed E-state index contributed by atoms with van der Waals surface area (Å²) in [7, 11) is 1.94. The van der Waals surface area contributed by atoms with E-state index in [1.54, 1.807) is 0 Å². The van der Waals surface area contributed by atoms with E-state index in [2.05, 4.69) is 21.0 Å². The smallest absolute Gasteiger partial charge is 0.245 e. The molecule has 1 aliphatic heterocycles. The van der Waals surface area contributed by atoms with Crippen molar-refractivity contribution >= 4 is 28.0 Å². The number of nitrogens with one attached hydrogen (secondary N) is 1. The van der Waals surface area contributed by atoms with Crippen molar-refractivity contribution in [1.29, 1.82) is 0 Å². The molecule has 5 rings (SSSR count). The Hall–Kier alpha value is -3.42. The molecular weight excluding hydrogens is 368 g/mol. The van der Waals surface area contributed by atoms with Crippen LogP contribution >= 0.6 is 0 Å². The fourth-order valence-electron chi connectivity index (χ4n) is 3.95. The maximum atomic E-state index is 11.9. The second kappa shape index (κ2) is 6.88. The molecule has 1 N–H and O–H groups in total. The van der Waals surface area contributed by atoms with Gasteiger partial charge in [0, 0.05) is 49.1 Å². The summed E-state index contributed by atoms with van der Waals surface area (Å²) in [6, 6.07) is 8.23. The molecule has 8 heteroatoms. The number of amides is 1. The molecule has 3 aromatic heterocycles. The van der Waals surface area contributed by atoms with Crippen molar-refractivity contribution in [1.82, 2.24) is 29.4 Å². The highest BCUT2D eigenvalue weighted by Crippen LogP contribution is 2.29. The van der Waals surface area contributed by atoms with Crippen LogP contribution in [0, 0.1) is 0 Å². The van der Waals surface area contributed by atoms with Crippen LogP contribution in [0.25, 0.3) is 33.5 Å². The van der Waals surface area contributed by atoms with Crippen LogP contribution in [0.3, 0.4) is 0 Å². The summed E-state index contributed by atoms with van der Waals surface area (Å²) < 4.78 is 8.11. The van der Waals surface area contributed by atoms with Gasteiger partial charge in [-0.1, -0.05) is 6.92 Å². The number of carbonyl (C=O) groups excluding carboxylic acids is 1. The average Bonchev–Trinajstić information content (AvgIpc) is 3.46. The lowest BCUT2D eigenvalue weighted by Crippen LogP contribution is -2.30. The maximum Gasteiger partial charge on any atom is 0.245 e. The first-order chi connectivity index (χ1) is 14.1. The first-order valence-corrected chi connectivity index (χ1v) is 9.83. The molecule has 0 bridgehead atoms. The van der Waals surface area contributed by atoms with E-state index < -0.39 is 0 Å². The minimum atomic E-state index is -0.0785. The van der Waals surface area contributed by atoms with Gasteiger partial charge in [0.15, 0.2) is 11.2 Å². The summed E-state index contributed by atoms with van der Waals surface area (Å²) in [5, 5.41) is 1.13. The largest absolute Gasteiger partial charge is 0.471 e. The first-order valence-electron chi connectivity index (χ1n) is 9.83. The Bertz CT molecular complexity index is 1210. The third-order valence-electron chi connectivity index (χ3n) is 5.51. The number of aryl methyl sites for hydroxylation is 1. The SMILES string of the molecule is CCC(=O)N1CC[C@H](Oc2ncnc3c2nc(-c2ccc4[nH]ccc4c2)n3C)C1. The number of hydrogen-bond donors (Lipinski definition) is 1. The third kappa shape index (κ3) is 3.00. The normalized spacial score (nSPS) is 16.8. The van der Waals surface area contributed by atoms with Crippen molar-refractivity contribution in [2.45, 2.75) is 25.9 Å². The number of nitrogens with zero attached hydrogens (tertiary/aromatic N) is 5. The molecule has 4 heterocycles. The molecule has 0 radical (unpaired) electrons. The number of likely N-dealkylation sites (tertiary alicyclic amines) is 1. The zero-order valence-corrected chi connectivity index (χ0v) is 16.4. The Morgan fingerprint density at radius 1 is 1.31 bits per heavy atom. The van der Waals surface area contributed by atoms with Gasteiger partial charge in [0.25, 0.3) is 0 Å². The van der Waals surface area contributed by atoms with Crippen LogP contribution < -0.4 is 4.74 Å². The number of benzene rings is 1. The van der Waals surface area contributed by atoms with E-state index in [-0.39, 0.29) is 12.0 Å². The molecule has 1 atom stereocenters. The highest BCUT2D eigenvalue weighted by molar-refractivity contribution is 5.86. The molecule has 1 aromatic carbocycles. The molecule has 8 nitrogen and oxygen atoms in total. The number of ether oxygens (including phenoxy) is 1. The molecule has 1 saturated heterocycles. The molecule has 0 aliphatic carbocycles. The average molecular weight is 390 g/mol. The number of imidazole rings is 1. The molecular formula is C21H22N6O2. The highest BCUT2D eigenvalue weighted by Gasteiger charge is 2.28. The Balaban J connectivity index is 1.48. The predicted octanol–water partition coefficient (Wildman–Crippen LogP) is 2.90. The van der Waals surface area contributed by atoms with Gasteiger partial charge in [0.2, 0.25) is 11.8 Å². The second-order valence-corrected chi connectivity index (χ2v) is 7.35. The maximum absolute atomic E-state index is 11.9. The van der Waals surface area contributed by atoms with Crippen molar-refractivity contribution in [2.75, 3.05) is 13.1 Å². The van der Waals surface area contributed by atoms with E-state index >= 15 is 0 Å². The number of H-pyrrole nitrogens is 1. The molecule has 0 unspecified atom stereocenters. The molecule has 148 valence electrons.